The summed E-state index contributed by atoms with van der Waals surface area (Å²) >= 11 is 0. The first-order valence-corrected chi connectivity index (χ1v) is 5.66. The molecule has 3 heteroatoms. The van der Waals surface area contributed by atoms with Gasteiger partial charge >= 0.3 is 0 Å². The Balaban J connectivity index is 2.71. The van der Waals surface area contributed by atoms with Gasteiger partial charge in [-0.05, 0) is 36.5 Å². The summed E-state index contributed by atoms with van der Waals surface area (Å²) in [4.78, 5) is 0. The van der Waals surface area contributed by atoms with Crippen molar-refractivity contribution >= 4 is 0 Å². The predicted molar refractivity (Wildman–Crippen MR) is 64.1 cm³/mol. The van der Waals surface area contributed by atoms with Crippen LogP contribution in [0.3, 0.4) is 0 Å². The third-order valence-corrected chi connectivity index (χ3v) is 2.98. The zero-order chi connectivity index (χ0) is 12.1. The monoisotopic (exact) mass is 225 g/mol. The van der Waals surface area contributed by atoms with Crippen molar-refractivity contribution in [2.45, 2.75) is 32.7 Å². The van der Waals surface area contributed by atoms with Crippen molar-refractivity contribution in [2.75, 3.05) is 7.11 Å². The lowest BCUT2D eigenvalue weighted by Gasteiger charge is -2.18. The van der Waals surface area contributed by atoms with Crippen LogP contribution in [0.5, 0.6) is 5.75 Å². The minimum Gasteiger partial charge on any atom is -0.494 e. The van der Waals surface area contributed by atoms with E-state index < -0.39 is 0 Å². The second kappa shape index (κ2) is 5.85. The molecule has 0 fully saturated rings. The van der Waals surface area contributed by atoms with Crippen LogP contribution in [0.25, 0.3) is 0 Å². The fraction of sp³-hybridized carbons (Fsp3) is 0.538. The van der Waals surface area contributed by atoms with Gasteiger partial charge in [-0.25, -0.2) is 4.39 Å². The Bertz CT molecular complexity index is 341. The van der Waals surface area contributed by atoms with E-state index in [1.807, 2.05) is 6.07 Å². The first-order valence-electron chi connectivity index (χ1n) is 5.66. The maximum atomic E-state index is 13.4. The molecule has 2 nitrogen and oxygen atoms in total. The molecule has 0 radical (unpaired) electrons. The number of ether oxygens (including phenoxy) is 1. The minimum atomic E-state index is -0.308. The van der Waals surface area contributed by atoms with E-state index in [2.05, 4.69) is 13.8 Å². The Labute approximate surface area is 96.6 Å². The van der Waals surface area contributed by atoms with Gasteiger partial charge in [0.15, 0.2) is 11.6 Å². The van der Waals surface area contributed by atoms with E-state index in [0.717, 1.165) is 18.4 Å². The maximum Gasteiger partial charge on any atom is 0.165 e. The maximum absolute atomic E-state index is 13.4. The average Bonchev–Trinajstić information content (AvgIpc) is 2.28. The molecule has 1 aromatic carbocycles. The molecule has 0 aliphatic heterocycles. The average molecular weight is 225 g/mol. The van der Waals surface area contributed by atoms with Crippen molar-refractivity contribution in [1.82, 2.24) is 0 Å². The molecule has 16 heavy (non-hydrogen) atoms. The van der Waals surface area contributed by atoms with Crippen LogP contribution in [-0.4, -0.2) is 13.2 Å². The molecule has 90 valence electrons. The Morgan fingerprint density at radius 3 is 2.62 bits per heavy atom. The summed E-state index contributed by atoms with van der Waals surface area (Å²) in [5.74, 6) is 0.339. The molecule has 2 N–H and O–H groups in total. The zero-order valence-corrected chi connectivity index (χ0v) is 10.2. The van der Waals surface area contributed by atoms with Gasteiger partial charge in [0.25, 0.3) is 0 Å². The SMILES string of the molecule is CCC(N)C(C)Cc1ccc(OC)c(F)c1. The second-order valence-electron chi connectivity index (χ2n) is 4.22. The van der Waals surface area contributed by atoms with Gasteiger partial charge < -0.3 is 10.5 Å². The van der Waals surface area contributed by atoms with E-state index in [0.29, 0.717) is 5.92 Å². The number of methoxy groups -OCH3 is 1. The van der Waals surface area contributed by atoms with Crippen LogP contribution < -0.4 is 10.5 Å². The lowest BCUT2D eigenvalue weighted by Crippen LogP contribution is -2.28. The highest BCUT2D eigenvalue weighted by atomic mass is 19.1. The normalized spacial score (nSPS) is 14.6. The molecule has 1 rings (SSSR count). The van der Waals surface area contributed by atoms with E-state index in [-0.39, 0.29) is 17.6 Å². The van der Waals surface area contributed by atoms with E-state index in [1.165, 1.54) is 13.2 Å². The molecule has 2 unspecified atom stereocenters. The van der Waals surface area contributed by atoms with Crippen LogP contribution in [0, 0.1) is 11.7 Å². The fourth-order valence-electron chi connectivity index (χ4n) is 1.76. The molecular formula is C13H20FNO. The van der Waals surface area contributed by atoms with Crippen LogP contribution in [-0.2, 0) is 6.42 Å². The minimum absolute atomic E-state index is 0.171. The number of nitrogens with two attached hydrogens (primary N) is 1. The molecule has 0 bridgehead atoms. The highest BCUT2D eigenvalue weighted by Gasteiger charge is 2.12. The first kappa shape index (κ1) is 13.0. The van der Waals surface area contributed by atoms with Crippen molar-refractivity contribution in [3.63, 3.8) is 0 Å². The molecule has 0 saturated carbocycles. The zero-order valence-electron chi connectivity index (χ0n) is 10.2. The van der Waals surface area contributed by atoms with Crippen molar-refractivity contribution < 1.29 is 9.13 Å². The number of benzene rings is 1. The van der Waals surface area contributed by atoms with Crippen LogP contribution in [0.4, 0.5) is 4.39 Å². The summed E-state index contributed by atoms with van der Waals surface area (Å²) in [7, 11) is 1.47. The molecule has 0 saturated heterocycles. The van der Waals surface area contributed by atoms with Crippen LogP contribution in [0.15, 0.2) is 18.2 Å². The summed E-state index contributed by atoms with van der Waals surface area (Å²) in [6.45, 7) is 4.16. The van der Waals surface area contributed by atoms with Gasteiger partial charge in [0.1, 0.15) is 0 Å². The van der Waals surface area contributed by atoms with Gasteiger partial charge in [0.2, 0.25) is 0 Å². The van der Waals surface area contributed by atoms with Crippen molar-refractivity contribution in [3.05, 3.63) is 29.6 Å². The third-order valence-electron chi connectivity index (χ3n) is 2.98. The molecule has 0 aliphatic carbocycles. The van der Waals surface area contributed by atoms with E-state index in [4.69, 9.17) is 10.5 Å². The summed E-state index contributed by atoms with van der Waals surface area (Å²) in [5, 5.41) is 0. The topological polar surface area (TPSA) is 35.2 Å². The van der Waals surface area contributed by atoms with E-state index in [1.54, 1.807) is 6.07 Å². The number of halogens is 1. The van der Waals surface area contributed by atoms with Gasteiger partial charge in [-0.15, -0.1) is 0 Å². The Morgan fingerprint density at radius 2 is 2.12 bits per heavy atom. The Kier molecular flexibility index (Phi) is 4.74. The van der Waals surface area contributed by atoms with Crippen molar-refractivity contribution in [3.8, 4) is 5.75 Å². The van der Waals surface area contributed by atoms with Crippen LogP contribution in [0.2, 0.25) is 0 Å². The fourth-order valence-corrected chi connectivity index (χ4v) is 1.76. The van der Waals surface area contributed by atoms with Gasteiger partial charge in [-0.3, -0.25) is 0 Å². The van der Waals surface area contributed by atoms with Gasteiger partial charge in [-0.1, -0.05) is 19.9 Å². The molecule has 0 aromatic heterocycles. The number of hydrogen-bond donors (Lipinski definition) is 1. The summed E-state index contributed by atoms with van der Waals surface area (Å²) in [6, 6.07) is 5.25. The lowest BCUT2D eigenvalue weighted by molar-refractivity contribution is 0.385. The van der Waals surface area contributed by atoms with Gasteiger partial charge in [0, 0.05) is 6.04 Å². The van der Waals surface area contributed by atoms with Crippen molar-refractivity contribution in [2.24, 2.45) is 11.7 Å². The van der Waals surface area contributed by atoms with Gasteiger partial charge in [-0.2, -0.15) is 0 Å². The Hall–Kier alpha value is -1.09. The highest BCUT2D eigenvalue weighted by Crippen LogP contribution is 2.20. The quantitative estimate of drug-likeness (QED) is 0.836. The third kappa shape index (κ3) is 3.20. The number of hydrogen-bond acceptors (Lipinski definition) is 2. The smallest absolute Gasteiger partial charge is 0.165 e. The molecule has 2 atom stereocenters. The lowest BCUT2D eigenvalue weighted by atomic mass is 9.93. The van der Waals surface area contributed by atoms with Gasteiger partial charge in [0.05, 0.1) is 7.11 Å². The second-order valence-corrected chi connectivity index (χ2v) is 4.22. The van der Waals surface area contributed by atoms with Crippen LogP contribution >= 0.6 is 0 Å². The Morgan fingerprint density at radius 1 is 1.44 bits per heavy atom. The predicted octanol–water partition coefficient (Wildman–Crippen LogP) is 2.75. The van der Waals surface area contributed by atoms with Crippen molar-refractivity contribution in [1.29, 1.82) is 0 Å². The molecule has 0 aliphatic rings. The van der Waals surface area contributed by atoms with E-state index >= 15 is 0 Å². The highest BCUT2D eigenvalue weighted by molar-refractivity contribution is 5.29. The molecule has 0 heterocycles. The molecule has 0 spiro atoms. The molecule has 0 amide bonds. The molecule has 1 aromatic rings. The number of rotatable bonds is 5. The summed E-state index contributed by atoms with van der Waals surface area (Å²) in [5.41, 5.74) is 6.91. The standard InChI is InChI=1S/C13H20FNO/c1-4-12(15)9(2)7-10-5-6-13(16-3)11(14)8-10/h5-6,8-9,12H,4,7,15H2,1-3H3. The first-order chi connectivity index (χ1) is 7.58. The van der Waals surface area contributed by atoms with E-state index in [9.17, 15) is 4.39 Å². The summed E-state index contributed by atoms with van der Waals surface area (Å²) in [6.07, 6.45) is 1.75. The summed E-state index contributed by atoms with van der Waals surface area (Å²) < 4.78 is 18.3. The molecular weight excluding hydrogens is 205 g/mol. The van der Waals surface area contributed by atoms with Crippen LogP contribution in [0.1, 0.15) is 25.8 Å². The largest absolute Gasteiger partial charge is 0.494 e.